The standard InChI is InChI=1S/C22H32N2O3/c1-22(2,3)14-20(25)24-11-6-8-17-15-23(12-10-19(17)24)21(26)16-7-5-9-18(13-16)27-4/h5,7,9,13,17,19H,6,8,10-12,14-15H2,1-4H3/t17-,19-/m1/s1. The van der Waals surface area contributed by atoms with Gasteiger partial charge in [-0.1, -0.05) is 26.8 Å². The highest BCUT2D eigenvalue weighted by Gasteiger charge is 2.39. The van der Waals surface area contributed by atoms with Crippen molar-refractivity contribution in [3.8, 4) is 5.75 Å². The zero-order valence-electron chi connectivity index (χ0n) is 17.0. The highest BCUT2D eigenvalue weighted by Crippen LogP contribution is 2.33. The highest BCUT2D eigenvalue weighted by atomic mass is 16.5. The average molecular weight is 373 g/mol. The third-order valence-corrected chi connectivity index (χ3v) is 5.67. The fraction of sp³-hybridized carbons (Fsp3) is 0.636. The molecular formula is C22H32N2O3. The molecule has 0 bridgehead atoms. The Morgan fingerprint density at radius 1 is 1.19 bits per heavy atom. The van der Waals surface area contributed by atoms with Gasteiger partial charge in [0.25, 0.3) is 5.91 Å². The van der Waals surface area contributed by atoms with Gasteiger partial charge in [-0.15, -0.1) is 0 Å². The average Bonchev–Trinajstić information content (AvgIpc) is 2.65. The zero-order chi connectivity index (χ0) is 19.6. The van der Waals surface area contributed by atoms with Crippen LogP contribution in [-0.2, 0) is 4.79 Å². The number of likely N-dealkylation sites (tertiary alicyclic amines) is 2. The quantitative estimate of drug-likeness (QED) is 0.815. The molecule has 0 unspecified atom stereocenters. The van der Waals surface area contributed by atoms with Gasteiger partial charge in [0, 0.05) is 37.7 Å². The van der Waals surface area contributed by atoms with Gasteiger partial charge in [-0.2, -0.15) is 0 Å². The van der Waals surface area contributed by atoms with Gasteiger partial charge >= 0.3 is 0 Å². The lowest BCUT2D eigenvalue weighted by Gasteiger charge is -2.47. The Labute approximate surface area is 162 Å². The second-order valence-electron chi connectivity index (χ2n) is 9.07. The van der Waals surface area contributed by atoms with Crippen LogP contribution in [0.25, 0.3) is 0 Å². The van der Waals surface area contributed by atoms with E-state index in [1.165, 1.54) is 0 Å². The summed E-state index contributed by atoms with van der Waals surface area (Å²) in [6.07, 6.45) is 3.57. The number of piperidine rings is 2. The van der Waals surface area contributed by atoms with Crippen molar-refractivity contribution < 1.29 is 14.3 Å². The summed E-state index contributed by atoms with van der Waals surface area (Å²) in [6.45, 7) is 8.64. The molecule has 0 spiro atoms. The molecule has 3 rings (SSSR count). The molecule has 2 amide bonds. The Bertz CT molecular complexity index is 695. The SMILES string of the molecule is COc1cccc(C(=O)N2CC[C@@H]3[C@H](CCCN3C(=O)CC(C)(C)C)C2)c1. The van der Waals surface area contributed by atoms with Crippen molar-refractivity contribution in [2.75, 3.05) is 26.7 Å². The Morgan fingerprint density at radius 3 is 2.67 bits per heavy atom. The van der Waals surface area contributed by atoms with Crippen LogP contribution in [0.15, 0.2) is 24.3 Å². The van der Waals surface area contributed by atoms with Crippen molar-refractivity contribution in [1.29, 1.82) is 0 Å². The van der Waals surface area contributed by atoms with Crippen LogP contribution < -0.4 is 4.74 Å². The summed E-state index contributed by atoms with van der Waals surface area (Å²) in [5.74, 6) is 1.41. The maximum atomic E-state index is 12.9. The Hall–Kier alpha value is -2.04. The first-order valence-electron chi connectivity index (χ1n) is 10.0. The van der Waals surface area contributed by atoms with E-state index in [0.717, 1.165) is 32.4 Å². The number of ether oxygens (including phenoxy) is 1. The number of hydrogen-bond donors (Lipinski definition) is 0. The van der Waals surface area contributed by atoms with Crippen LogP contribution >= 0.6 is 0 Å². The van der Waals surface area contributed by atoms with Gasteiger partial charge in [0.1, 0.15) is 5.75 Å². The number of amides is 2. The fourth-order valence-corrected chi connectivity index (χ4v) is 4.39. The molecule has 0 aromatic heterocycles. The van der Waals surface area contributed by atoms with E-state index in [1.54, 1.807) is 13.2 Å². The van der Waals surface area contributed by atoms with Crippen molar-refractivity contribution in [3.05, 3.63) is 29.8 Å². The molecule has 5 heteroatoms. The van der Waals surface area contributed by atoms with E-state index in [-0.39, 0.29) is 23.3 Å². The van der Waals surface area contributed by atoms with E-state index in [2.05, 4.69) is 25.7 Å². The minimum Gasteiger partial charge on any atom is -0.497 e. The number of methoxy groups -OCH3 is 1. The summed E-state index contributed by atoms with van der Waals surface area (Å²) < 4.78 is 5.24. The van der Waals surface area contributed by atoms with Crippen molar-refractivity contribution in [1.82, 2.24) is 9.80 Å². The van der Waals surface area contributed by atoms with E-state index < -0.39 is 0 Å². The number of hydrogen-bond acceptors (Lipinski definition) is 3. The lowest BCUT2D eigenvalue weighted by molar-refractivity contribution is -0.139. The number of carbonyl (C=O) groups is 2. The van der Waals surface area contributed by atoms with Crippen LogP contribution in [-0.4, -0.2) is 54.4 Å². The smallest absolute Gasteiger partial charge is 0.253 e. The Kier molecular flexibility index (Phi) is 5.78. The van der Waals surface area contributed by atoms with Gasteiger partial charge in [-0.25, -0.2) is 0 Å². The monoisotopic (exact) mass is 372 g/mol. The molecule has 0 aliphatic carbocycles. The first-order chi connectivity index (χ1) is 12.8. The van der Waals surface area contributed by atoms with E-state index in [4.69, 9.17) is 4.74 Å². The second kappa shape index (κ2) is 7.91. The van der Waals surface area contributed by atoms with Crippen molar-refractivity contribution in [2.45, 2.75) is 52.5 Å². The van der Waals surface area contributed by atoms with Crippen LogP contribution in [0.1, 0.15) is 56.8 Å². The fourth-order valence-electron chi connectivity index (χ4n) is 4.39. The van der Waals surface area contributed by atoms with Crippen molar-refractivity contribution in [3.63, 3.8) is 0 Å². The molecule has 5 nitrogen and oxygen atoms in total. The van der Waals surface area contributed by atoms with Gasteiger partial charge in [0.05, 0.1) is 7.11 Å². The minimum atomic E-state index is 0.00700. The number of rotatable bonds is 3. The molecule has 148 valence electrons. The predicted molar refractivity (Wildman–Crippen MR) is 106 cm³/mol. The van der Waals surface area contributed by atoms with Gasteiger partial charge in [-0.05, 0) is 48.8 Å². The molecule has 27 heavy (non-hydrogen) atoms. The second-order valence-corrected chi connectivity index (χ2v) is 9.07. The molecule has 2 fully saturated rings. The maximum absolute atomic E-state index is 12.9. The third kappa shape index (κ3) is 4.63. The van der Waals surface area contributed by atoms with E-state index in [0.29, 0.717) is 30.2 Å². The van der Waals surface area contributed by atoms with E-state index >= 15 is 0 Å². The van der Waals surface area contributed by atoms with Gasteiger partial charge in [0.15, 0.2) is 0 Å². The molecule has 0 N–H and O–H groups in total. The lowest BCUT2D eigenvalue weighted by atomic mass is 9.82. The molecule has 2 aliphatic heterocycles. The topological polar surface area (TPSA) is 49.9 Å². The minimum absolute atomic E-state index is 0.00700. The highest BCUT2D eigenvalue weighted by molar-refractivity contribution is 5.94. The maximum Gasteiger partial charge on any atom is 0.253 e. The zero-order valence-corrected chi connectivity index (χ0v) is 17.0. The van der Waals surface area contributed by atoms with Crippen molar-refractivity contribution >= 4 is 11.8 Å². The van der Waals surface area contributed by atoms with E-state index in [9.17, 15) is 9.59 Å². The van der Waals surface area contributed by atoms with Crippen molar-refractivity contribution in [2.24, 2.45) is 11.3 Å². The van der Waals surface area contributed by atoms with Crippen LogP contribution in [0, 0.1) is 11.3 Å². The van der Waals surface area contributed by atoms with Crippen LogP contribution in [0.3, 0.4) is 0 Å². The first kappa shape index (κ1) is 19.7. The summed E-state index contributed by atoms with van der Waals surface area (Å²) in [7, 11) is 1.61. The molecule has 0 radical (unpaired) electrons. The first-order valence-corrected chi connectivity index (χ1v) is 10.0. The number of fused-ring (bicyclic) bond motifs is 1. The number of carbonyl (C=O) groups excluding carboxylic acids is 2. The molecule has 2 saturated heterocycles. The molecule has 2 atom stereocenters. The van der Waals surface area contributed by atoms with Crippen LogP contribution in [0.5, 0.6) is 5.75 Å². The lowest BCUT2D eigenvalue weighted by Crippen LogP contribution is -2.57. The van der Waals surface area contributed by atoms with E-state index in [1.807, 2.05) is 23.1 Å². The molecular weight excluding hydrogens is 340 g/mol. The molecule has 2 heterocycles. The molecule has 1 aromatic carbocycles. The largest absolute Gasteiger partial charge is 0.497 e. The van der Waals surface area contributed by atoms with Gasteiger partial charge in [-0.3, -0.25) is 9.59 Å². The third-order valence-electron chi connectivity index (χ3n) is 5.67. The molecule has 1 aromatic rings. The number of benzene rings is 1. The van der Waals surface area contributed by atoms with Crippen LogP contribution in [0.2, 0.25) is 0 Å². The summed E-state index contributed by atoms with van der Waals surface area (Å²) >= 11 is 0. The Morgan fingerprint density at radius 2 is 1.96 bits per heavy atom. The van der Waals surface area contributed by atoms with Gasteiger partial charge in [0.2, 0.25) is 5.91 Å². The molecule has 2 aliphatic rings. The number of nitrogens with zero attached hydrogens (tertiary/aromatic N) is 2. The molecule has 0 saturated carbocycles. The Balaban J connectivity index is 1.67. The predicted octanol–water partition coefficient (Wildman–Crippen LogP) is 3.58. The summed E-state index contributed by atoms with van der Waals surface area (Å²) in [4.78, 5) is 29.8. The normalized spacial score (nSPS) is 23.0. The van der Waals surface area contributed by atoms with Gasteiger partial charge < -0.3 is 14.5 Å². The van der Waals surface area contributed by atoms with Crippen LogP contribution in [0.4, 0.5) is 0 Å². The summed E-state index contributed by atoms with van der Waals surface area (Å²) in [5, 5.41) is 0. The summed E-state index contributed by atoms with van der Waals surface area (Å²) in [6, 6.07) is 7.63. The summed E-state index contributed by atoms with van der Waals surface area (Å²) in [5.41, 5.74) is 0.678.